The molecule has 3 heterocycles. The van der Waals surface area contributed by atoms with E-state index in [1.807, 2.05) is 28.8 Å². The number of aromatic nitrogens is 5. The molecule has 0 unspecified atom stereocenters. The van der Waals surface area contributed by atoms with Gasteiger partial charge in [0.15, 0.2) is 5.43 Å². The molecule has 0 spiro atoms. The summed E-state index contributed by atoms with van der Waals surface area (Å²) in [7, 11) is 1.59. The number of anilines is 1. The van der Waals surface area contributed by atoms with Crippen LogP contribution in [0.25, 0.3) is 27.6 Å². The van der Waals surface area contributed by atoms with Gasteiger partial charge in [-0.3, -0.25) is 14.2 Å². The van der Waals surface area contributed by atoms with Crippen LogP contribution in [0.1, 0.15) is 24.4 Å². The number of hydrogen-bond acceptors (Lipinski definition) is 7. The Morgan fingerprint density at radius 2 is 1.72 bits per heavy atom. The summed E-state index contributed by atoms with van der Waals surface area (Å²) in [5.41, 5.74) is 0.629. The van der Waals surface area contributed by atoms with Crippen molar-refractivity contribution in [2.24, 2.45) is 0 Å². The molecular formula is C31H23ClF2N6O3. The Bertz CT molecular complexity index is 2110. The van der Waals surface area contributed by atoms with Crippen LogP contribution in [0, 0.1) is 11.6 Å². The van der Waals surface area contributed by atoms with E-state index in [1.54, 1.807) is 32.4 Å². The van der Waals surface area contributed by atoms with Crippen LogP contribution in [-0.4, -0.2) is 31.2 Å². The summed E-state index contributed by atoms with van der Waals surface area (Å²) in [6.45, 7) is 2.11. The van der Waals surface area contributed by atoms with Crippen LogP contribution in [0.15, 0.2) is 88.8 Å². The standard InChI is InChI=1S/C31H23ClF2N6O3/c1-17(29-38-24-5-3-4-23(32)26(24)31(42)40(29)21-13-19(33)12-20(34)14-21)37-28-27-25(41)10-11-39(30(27)36-16-35-28)15-18-6-8-22(43-2)9-7-18/h3-14,16-17H,15H2,1-2H3,(H,35,36,37)/t17-/m0/s1. The van der Waals surface area contributed by atoms with Crippen LogP contribution in [0.2, 0.25) is 5.02 Å². The largest absolute Gasteiger partial charge is 0.497 e. The first kappa shape index (κ1) is 28.0. The molecule has 3 aromatic heterocycles. The summed E-state index contributed by atoms with van der Waals surface area (Å²) in [5, 5.41) is 3.63. The topological polar surface area (TPSA) is 104 Å². The lowest BCUT2D eigenvalue weighted by atomic mass is 10.2. The zero-order valence-electron chi connectivity index (χ0n) is 22.9. The van der Waals surface area contributed by atoms with E-state index in [9.17, 15) is 18.4 Å². The number of fused-ring (bicyclic) bond motifs is 2. The maximum absolute atomic E-state index is 14.3. The molecular weight excluding hydrogens is 578 g/mol. The van der Waals surface area contributed by atoms with E-state index in [-0.39, 0.29) is 38.6 Å². The summed E-state index contributed by atoms with van der Waals surface area (Å²) in [5.74, 6) is -0.700. The van der Waals surface area contributed by atoms with Gasteiger partial charge in [0.25, 0.3) is 5.56 Å². The molecule has 1 N–H and O–H groups in total. The highest BCUT2D eigenvalue weighted by molar-refractivity contribution is 6.35. The molecule has 0 aliphatic carbocycles. The molecule has 9 nitrogen and oxygen atoms in total. The number of rotatable bonds is 7. The molecule has 12 heteroatoms. The number of pyridine rings is 1. The van der Waals surface area contributed by atoms with Gasteiger partial charge in [0.05, 0.1) is 34.8 Å². The smallest absolute Gasteiger partial charge is 0.267 e. The lowest BCUT2D eigenvalue weighted by Crippen LogP contribution is -2.28. The third kappa shape index (κ3) is 5.30. The van der Waals surface area contributed by atoms with Crippen molar-refractivity contribution in [1.82, 2.24) is 24.1 Å². The fraction of sp³-hybridized carbons (Fsp3) is 0.129. The number of benzene rings is 3. The highest BCUT2D eigenvalue weighted by atomic mass is 35.5. The fourth-order valence-corrected chi connectivity index (χ4v) is 5.23. The van der Waals surface area contributed by atoms with Gasteiger partial charge in [0, 0.05) is 24.9 Å². The summed E-state index contributed by atoms with van der Waals surface area (Å²) >= 11 is 6.34. The zero-order valence-corrected chi connectivity index (χ0v) is 23.6. The number of nitrogens with zero attached hydrogens (tertiary/aromatic N) is 5. The molecule has 0 saturated carbocycles. The molecule has 0 aliphatic rings. The van der Waals surface area contributed by atoms with Crippen molar-refractivity contribution in [3.8, 4) is 11.4 Å². The Morgan fingerprint density at radius 3 is 2.44 bits per heavy atom. The Morgan fingerprint density at radius 1 is 0.977 bits per heavy atom. The first-order valence-corrected chi connectivity index (χ1v) is 13.5. The highest BCUT2D eigenvalue weighted by Crippen LogP contribution is 2.27. The van der Waals surface area contributed by atoms with Gasteiger partial charge in [-0.1, -0.05) is 29.8 Å². The van der Waals surface area contributed by atoms with E-state index >= 15 is 0 Å². The monoisotopic (exact) mass is 600 g/mol. The molecule has 0 saturated heterocycles. The van der Waals surface area contributed by atoms with Gasteiger partial charge in [-0.2, -0.15) is 0 Å². The van der Waals surface area contributed by atoms with Gasteiger partial charge in [-0.05, 0) is 48.9 Å². The average molecular weight is 601 g/mol. The van der Waals surface area contributed by atoms with E-state index in [0.29, 0.717) is 23.8 Å². The number of halogens is 3. The van der Waals surface area contributed by atoms with E-state index < -0.39 is 23.2 Å². The first-order valence-electron chi connectivity index (χ1n) is 13.1. The van der Waals surface area contributed by atoms with Crippen LogP contribution in [0.3, 0.4) is 0 Å². The van der Waals surface area contributed by atoms with Crippen LogP contribution in [0.5, 0.6) is 5.75 Å². The zero-order chi connectivity index (χ0) is 30.2. The van der Waals surface area contributed by atoms with Gasteiger partial charge in [-0.15, -0.1) is 0 Å². The van der Waals surface area contributed by atoms with E-state index in [0.717, 1.165) is 28.0 Å². The first-order chi connectivity index (χ1) is 20.7. The maximum Gasteiger partial charge on any atom is 0.267 e. The molecule has 1 atom stereocenters. The molecule has 0 fully saturated rings. The van der Waals surface area contributed by atoms with Crippen molar-refractivity contribution in [3.63, 3.8) is 0 Å². The molecule has 0 radical (unpaired) electrons. The minimum atomic E-state index is -0.869. The van der Waals surface area contributed by atoms with Crippen molar-refractivity contribution >= 4 is 39.4 Å². The Hall–Kier alpha value is -5.16. The van der Waals surface area contributed by atoms with Gasteiger partial charge in [-0.25, -0.2) is 23.7 Å². The summed E-state index contributed by atoms with van der Waals surface area (Å²) in [6.07, 6.45) is 2.98. The van der Waals surface area contributed by atoms with Crippen molar-refractivity contribution < 1.29 is 13.5 Å². The van der Waals surface area contributed by atoms with E-state index in [2.05, 4.69) is 20.3 Å². The Kier molecular flexibility index (Phi) is 7.32. The van der Waals surface area contributed by atoms with Gasteiger partial charge in [0.1, 0.15) is 46.4 Å². The second kappa shape index (κ2) is 11.3. The van der Waals surface area contributed by atoms with Crippen LogP contribution < -0.4 is 21.0 Å². The predicted octanol–water partition coefficient (Wildman–Crippen LogP) is 5.65. The summed E-state index contributed by atoms with van der Waals surface area (Å²) in [4.78, 5) is 40.2. The van der Waals surface area contributed by atoms with E-state index in [1.165, 1.54) is 18.5 Å². The Labute approximate surface area is 248 Å². The predicted molar refractivity (Wildman–Crippen MR) is 160 cm³/mol. The molecule has 0 aliphatic heterocycles. The van der Waals surface area contributed by atoms with Crippen LogP contribution in [0.4, 0.5) is 14.6 Å². The second-order valence-corrected chi connectivity index (χ2v) is 10.2. The van der Waals surface area contributed by atoms with Crippen LogP contribution >= 0.6 is 11.6 Å². The number of hydrogen-bond donors (Lipinski definition) is 1. The van der Waals surface area contributed by atoms with E-state index in [4.69, 9.17) is 16.3 Å². The van der Waals surface area contributed by atoms with Crippen molar-refractivity contribution in [1.29, 1.82) is 0 Å². The lowest BCUT2D eigenvalue weighted by Gasteiger charge is -2.21. The second-order valence-electron chi connectivity index (χ2n) is 9.82. The van der Waals surface area contributed by atoms with Crippen molar-refractivity contribution in [2.45, 2.75) is 19.5 Å². The summed E-state index contributed by atoms with van der Waals surface area (Å²) < 4.78 is 36.7. The van der Waals surface area contributed by atoms with Crippen molar-refractivity contribution in [2.75, 3.05) is 12.4 Å². The lowest BCUT2D eigenvalue weighted by molar-refractivity contribution is 0.414. The normalized spacial score (nSPS) is 12.0. The van der Waals surface area contributed by atoms with Gasteiger partial charge in [0.2, 0.25) is 0 Å². The number of nitrogens with one attached hydrogen (secondary N) is 1. The molecule has 216 valence electrons. The maximum atomic E-state index is 14.3. The average Bonchev–Trinajstić information content (AvgIpc) is 2.98. The minimum Gasteiger partial charge on any atom is -0.497 e. The minimum absolute atomic E-state index is 0.0742. The molecule has 0 bridgehead atoms. The number of methoxy groups -OCH3 is 1. The third-order valence-electron chi connectivity index (χ3n) is 6.98. The molecule has 43 heavy (non-hydrogen) atoms. The molecule has 6 aromatic rings. The quantitative estimate of drug-likeness (QED) is 0.252. The number of ether oxygens (including phenoxy) is 1. The SMILES string of the molecule is COc1ccc(Cn2ccc(=O)c3c(N[C@@H](C)c4nc5cccc(Cl)c5c(=O)n4-c4cc(F)cc(F)c4)ncnc32)cc1. The van der Waals surface area contributed by atoms with Gasteiger partial charge < -0.3 is 14.6 Å². The highest BCUT2D eigenvalue weighted by Gasteiger charge is 2.22. The summed E-state index contributed by atoms with van der Waals surface area (Å²) in [6, 6.07) is 15.7. The fourth-order valence-electron chi connectivity index (χ4n) is 4.98. The van der Waals surface area contributed by atoms with Crippen molar-refractivity contribution in [3.05, 3.63) is 128 Å². The Balaban J connectivity index is 1.47. The molecule has 0 amide bonds. The third-order valence-corrected chi connectivity index (χ3v) is 7.30. The van der Waals surface area contributed by atoms with Crippen LogP contribution in [-0.2, 0) is 6.54 Å². The molecule has 3 aromatic carbocycles. The van der Waals surface area contributed by atoms with Gasteiger partial charge >= 0.3 is 0 Å². The molecule has 6 rings (SSSR count).